The second-order valence-corrected chi connectivity index (χ2v) is 11.0. The Bertz CT molecular complexity index is 746. The first-order chi connectivity index (χ1) is 16.0. The number of hydrogen-bond acceptors (Lipinski definition) is 1. The predicted octanol–water partition coefficient (Wildman–Crippen LogP) is 9.07. The van der Waals surface area contributed by atoms with Gasteiger partial charge in [-0.2, -0.15) is 0 Å². The van der Waals surface area contributed by atoms with Gasteiger partial charge in [0.05, 0.1) is 5.60 Å². The van der Waals surface area contributed by atoms with E-state index in [1.807, 2.05) is 27.7 Å². The molecule has 0 amide bonds. The molecule has 196 valence electrons. The lowest BCUT2D eigenvalue weighted by atomic mass is 9.61. The Hall–Kier alpha value is -1.17. The van der Waals surface area contributed by atoms with Crippen molar-refractivity contribution in [3.8, 4) is 0 Å². The van der Waals surface area contributed by atoms with Crippen LogP contribution in [0.2, 0.25) is 0 Å². The van der Waals surface area contributed by atoms with Crippen molar-refractivity contribution in [2.24, 2.45) is 23.7 Å². The zero-order valence-electron chi connectivity index (χ0n) is 21.5. The van der Waals surface area contributed by atoms with Crippen molar-refractivity contribution in [1.82, 2.24) is 0 Å². The Morgan fingerprint density at radius 1 is 0.706 bits per heavy atom. The summed E-state index contributed by atoms with van der Waals surface area (Å²) in [5, 5.41) is 11.8. The third-order valence-electron chi connectivity index (χ3n) is 8.31. The lowest BCUT2D eigenvalue weighted by molar-refractivity contribution is -0.122. The molecule has 0 aromatic heterocycles. The van der Waals surface area contributed by atoms with E-state index in [2.05, 4.69) is 6.92 Å². The minimum absolute atomic E-state index is 0.0380. The summed E-state index contributed by atoms with van der Waals surface area (Å²) in [5.74, 6) is -9.67. The van der Waals surface area contributed by atoms with Crippen LogP contribution >= 0.6 is 0 Å². The monoisotopic (exact) mass is 490 g/mol. The number of aliphatic hydroxyl groups is 1. The van der Waals surface area contributed by atoms with Crippen LogP contribution in [0.1, 0.15) is 117 Å². The molecule has 1 aliphatic rings. The molecule has 34 heavy (non-hydrogen) atoms. The maximum absolute atomic E-state index is 14.4. The molecule has 0 saturated heterocycles. The van der Waals surface area contributed by atoms with Gasteiger partial charge in [0, 0.05) is 5.56 Å². The molecule has 0 heterocycles. The fourth-order valence-corrected chi connectivity index (χ4v) is 6.30. The first-order valence-corrected chi connectivity index (χ1v) is 13.2. The lowest BCUT2D eigenvalue weighted by Crippen LogP contribution is -2.51. The van der Waals surface area contributed by atoms with E-state index in [0.717, 1.165) is 19.3 Å². The minimum atomic E-state index is -2.11. The zero-order chi connectivity index (χ0) is 25.6. The summed E-state index contributed by atoms with van der Waals surface area (Å²) in [7, 11) is 0. The normalized spacial score (nSPS) is 20.4. The highest BCUT2D eigenvalue weighted by molar-refractivity contribution is 5.28. The first kappa shape index (κ1) is 29.1. The number of rotatable bonds is 12. The second-order valence-electron chi connectivity index (χ2n) is 11.0. The maximum Gasteiger partial charge on any atom is 0.200 e. The summed E-state index contributed by atoms with van der Waals surface area (Å²) in [5.41, 5.74) is -1.55. The maximum atomic E-state index is 14.4. The molecule has 1 aromatic carbocycles. The first-order valence-electron chi connectivity index (χ1n) is 13.2. The molecule has 1 saturated carbocycles. The SMILES string of the molecule is CCCCCCCCC(C1CCC(c2c(F)c(F)c(F)c(F)c2F)CC1)C(O)(C(C)C)C(C)C. The molecule has 1 aromatic rings. The van der Waals surface area contributed by atoms with Crippen molar-refractivity contribution in [1.29, 1.82) is 0 Å². The van der Waals surface area contributed by atoms with Crippen molar-refractivity contribution < 1.29 is 27.1 Å². The Labute approximate surface area is 202 Å². The van der Waals surface area contributed by atoms with E-state index in [1.165, 1.54) is 25.7 Å². The highest BCUT2D eigenvalue weighted by Crippen LogP contribution is 2.48. The minimum Gasteiger partial charge on any atom is -0.389 e. The Kier molecular flexibility index (Phi) is 10.8. The van der Waals surface area contributed by atoms with Crippen LogP contribution in [-0.2, 0) is 0 Å². The van der Waals surface area contributed by atoms with Crippen LogP contribution in [0.5, 0.6) is 0 Å². The van der Waals surface area contributed by atoms with E-state index in [1.54, 1.807) is 0 Å². The van der Waals surface area contributed by atoms with E-state index in [9.17, 15) is 27.1 Å². The second kappa shape index (κ2) is 12.7. The molecular weight excluding hydrogens is 447 g/mol. The fraction of sp³-hybridized carbons (Fsp3) is 0.786. The topological polar surface area (TPSA) is 20.2 Å². The summed E-state index contributed by atoms with van der Waals surface area (Å²) >= 11 is 0. The van der Waals surface area contributed by atoms with Crippen LogP contribution in [0, 0.1) is 52.8 Å². The van der Waals surface area contributed by atoms with Gasteiger partial charge in [0.15, 0.2) is 23.3 Å². The largest absolute Gasteiger partial charge is 0.389 e. The number of halogens is 5. The average Bonchev–Trinajstić information content (AvgIpc) is 2.81. The van der Waals surface area contributed by atoms with Crippen molar-refractivity contribution in [3.63, 3.8) is 0 Å². The number of hydrogen-bond donors (Lipinski definition) is 1. The Morgan fingerprint density at radius 2 is 1.15 bits per heavy atom. The Morgan fingerprint density at radius 3 is 1.62 bits per heavy atom. The zero-order valence-corrected chi connectivity index (χ0v) is 21.5. The van der Waals surface area contributed by atoms with Gasteiger partial charge < -0.3 is 5.11 Å². The summed E-state index contributed by atoms with van der Waals surface area (Å²) < 4.78 is 69.7. The van der Waals surface area contributed by atoms with Crippen molar-refractivity contribution in [2.75, 3.05) is 0 Å². The van der Waals surface area contributed by atoms with Crippen LogP contribution in [0.3, 0.4) is 0 Å². The van der Waals surface area contributed by atoms with Crippen molar-refractivity contribution in [2.45, 2.75) is 117 Å². The molecule has 1 fully saturated rings. The van der Waals surface area contributed by atoms with Gasteiger partial charge in [0.1, 0.15) is 0 Å². The molecule has 2 rings (SSSR count). The molecule has 0 spiro atoms. The number of unbranched alkanes of at least 4 members (excludes halogenated alkanes) is 5. The van der Waals surface area contributed by atoms with E-state index >= 15 is 0 Å². The summed E-state index contributed by atoms with van der Waals surface area (Å²) in [6.45, 7) is 10.3. The van der Waals surface area contributed by atoms with Crippen LogP contribution < -0.4 is 0 Å². The van der Waals surface area contributed by atoms with Crippen molar-refractivity contribution in [3.05, 3.63) is 34.6 Å². The molecule has 0 aliphatic heterocycles. The molecule has 0 radical (unpaired) electrons. The van der Waals surface area contributed by atoms with Gasteiger partial charge in [0.2, 0.25) is 5.82 Å². The summed E-state index contributed by atoms with van der Waals surface area (Å²) in [6, 6.07) is 0. The third-order valence-corrected chi connectivity index (χ3v) is 8.31. The standard InChI is InChI=1S/C28H43F5O/c1-6-7-8-9-10-11-12-21(28(34,17(2)3)18(4)5)19-13-15-20(16-14-19)22-23(29)25(31)27(33)26(32)24(22)30/h17-21,34H,6-16H2,1-5H3. The molecule has 1 aliphatic carbocycles. The van der Waals surface area contributed by atoms with E-state index in [4.69, 9.17) is 0 Å². The van der Waals surface area contributed by atoms with Crippen LogP contribution in [0.15, 0.2) is 0 Å². The molecule has 1 N–H and O–H groups in total. The highest BCUT2D eigenvalue weighted by Gasteiger charge is 2.46. The van der Waals surface area contributed by atoms with Gasteiger partial charge in [-0.25, -0.2) is 22.0 Å². The van der Waals surface area contributed by atoms with Gasteiger partial charge >= 0.3 is 0 Å². The Balaban J connectivity index is 2.19. The number of benzene rings is 1. The van der Waals surface area contributed by atoms with Gasteiger partial charge in [-0.15, -0.1) is 0 Å². The molecule has 1 nitrogen and oxygen atoms in total. The van der Waals surface area contributed by atoms with E-state index in [0.29, 0.717) is 25.7 Å². The molecule has 6 heteroatoms. The average molecular weight is 491 g/mol. The van der Waals surface area contributed by atoms with Crippen LogP contribution in [0.25, 0.3) is 0 Å². The summed E-state index contributed by atoms with van der Waals surface area (Å²) in [6.07, 6.45) is 9.74. The van der Waals surface area contributed by atoms with Gasteiger partial charge in [0.25, 0.3) is 0 Å². The lowest BCUT2D eigenvalue weighted by Gasteiger charge is -2.48. The summed E-state index contributed by atoms with van der Waals surface area (Å²) in [4.78, 5) is 0. The predicted molar refractivity (Wildman–Crippen MR) is 127 cm³/mol. The molecule has 1 unspecified atom stereocenters. The van der Waals surface area contributed by atoms with Crippen molar-refractivity contribution >= 4 is 0 Å². The van der Waals surface area contributed by atoms with E-state index < -0.39 is 46.2 Å². The molecular formula is C28H43F5O. The van der Waals surface area contributed by atoms with E-state index in [-0.39, 0.29) is 23.7 Å². The van der Waals surface area contributed by atoms with Crippen LogP contribution in [-0.4, -0.2) is 10.7 Å². The van der Waals surface area contributed by atoms with Gasteiger partial charge in [-0.1, -0.05) is 73.1 Å². The highest BCUT2D eigenvalue weighted by atomic mass is 19.2. The molecule has 1 atom stereocenters. The van der Waals surface area contributed by atoms with Crippen LogP contribution in [0.4, 0.5) is 22.0 Å². The van der Waals surface area contributed by atoms with Gasteiger partial charge in [-0.3, -0.25) is 0 Å². The third kappa shape index (κ3) is 6.14. The quantitative estimate of drug-likeness (QED) is 0.134. The smallest absolute Gasteiger partial charge is 0.200 e. The van der Waals surface area contributed by atoms with Gasteiger partial charge in [-0.05, 0) is 61.7 Å². The fourth-order valence-electron chi connectivity index (χ4n) is 6.30. The molecule has 0 bridgehead atoms.